The highest BCUT2D eigenvalue weighted by atomic mass is 32.1. The molecule has 0 atom stereocenters. The molecule has 0 spiro atoms. The second kappa shape index (κ2) is 8.55. The number of carbonyl (C=O) groups is 2. The van der Waals surface area contributed by atoms with Gasteiger partial charge in [0, 0.05) is 32.3 Å². The number of benzene rings is 3. The molecule has 0 bridgehead atoms. The molecule has 33 heavy (non-hydrogen) atoms. The molecular weight excluding hydrogens is 453 g/mol. The third-order valence-corrected chi connectivity index (χ3v) is 6.02. The van der Waals surface area contributed by atoms with Crippen LogP contribution in [0.25, 0.3) is 31.3 Å². The number of fused-ring (bicyclic) bond motifs is 3. The highest BCUT2D eigenvalue weighted by molar-refractivity contribution is 7.26. The Morgan fingerprint density at radius 3 is 2.00 bits per heavy atom. The maximum absolute atomic E-state index is 14.2. The van der Waals surface area contributed by atoms with Gasteiger partial charge in [-0.15, -0.1) is 11.3 Å². The van der Waals surface area contributed by atoms with Crippen molar-refractivity contribution in [3.63, 3.8) is 0 Å². The molecular formula is C25H15F3O4S. The minimum Gasteiger partial charge on any atom is -0.423 e. The molecule has 166 valence electrons. The quantitative estimate of drug-likeness (QED) is 0.181. The Balaban J connectivity index is 1.86. The average Bonchev–Trinajstić information content (AvgIpc) is 3.15. The standard InChI is InChI=1S/C25H15F3O4S/c1-3-21(29)31-15-7-5-14(6-8-15)17-11-12-19-18-10-9-16(32-22(30)4-2)13-20(18)33-24(19)23(17)25(26,27)28/h3-13H,1-2H2. The van der Waals surface area contributed by atoms with E-state index in [-0.39, 0.29) is 21.8 Å². The van der Waals surface area contributed by atoms with E-state index in [0.717, 1.165) is 23.5 Å². The van der Waals surface area contributed by atoms with Crippen molar-refractivity contribution in [2.75, 3.05) is 0 Å². The molecule has 8 heteroatoms. The first-order chi connectivity index (χ1) is 15.7. The van der Waals surface area contributed by atoms with Crippen LogP contribution in [0.3, 0.4) is 0 Å². The largest absolute Gasteiger partial charge is 0.423 e. The van der Waals surface area contributed by atoms with Gasteiger partial charge in [0.05, 0.1) is 5.56 Å². The van der Waals surface area contributed by atoms with E-state index in [1.807, 2.05) is 0 Å². The average molecular weight is 468 g/mol. The summed E-state index contributed by atoms with van der Waals surface area (Å²) < 4.78 is 53.4. The number of hydrogen-bond acceptors (Lipinski definition) is 5. The number of thiophene rings is 1. The second-order valence-corrected chi connectivity index (χ2v) is 7.95. The summed E-state index contributed by atoms with van der Waals surface area (Å²) in [6.07, 6.45) is -2.62. The van der Waals surface area contributed by atoms with E-state index in [0.29, 0.717) is 21.0 Å². The Morgan fingerprint density at radius 2 is 1.39 bits per heavy atom. The molecule has 0 aliphatic rings. The summed E-state index contributed by atoms with van der Waals surface area (Å²) in [4.78, 5) is 22.8. The van der Waals surface area contributed by atoms with Gasteiger partial charge in [-0.05, 0) is 41.5 Å². The van der Waals surface area contributed by atoms with E-state index in [1.54, 1.807) is 12.1 Å². The van der Waals surface area contributed by atoms with E-state index in [9.17, 15) is 22.8 Å². The molecule has 0 saturated heterocycles. The van der Waals surface area contributed by atoms with Crippen molar-refractivity contribution in [3.05, 3.63) is 85.5 Å². The third-order valence-electron chi connectivity index (χ3n) is 4.83. The normalized spacial score (nSPS) is 11.4. The van der Waals surface area contributed by atoms with Crippen LogP contribution in [0.5, 0.6) is 11.5 Å². The fourth-order valence-corrected chi connectivity index (χ4v) is 4.72. The number of hydrogen-bond donors (Lipinski definition) is 0. The van der Waals surface area contributed by atoms with Crippen LogP contribution in [-0.2, 0) is 15.8 Å². The fourth-order valence-electron chi connectivity index (χ4n) is 3.42. The Morgan fingerprint density at radius 1 is 0.818 bits per heavy atom. The van der Waals surface area contributed by atoms with E-state index in [1.165, 1.54) is 42.5 Å². The number of carbonyl (C=O) groups excluding carboxylic acids is 2. The lowest BCUT2D eigenvalue weighted by molar-refractivity contribution is -0.135. The summed E-state index contributed by atoms with van der Waals surface area (Å²) in [5.74, 6) is -0.904. The molecule has 4 rings (SSSR count). The van der Waals surface area contributed by atoms with Gasteiger partial charge in [-0.3, -0.25) is 0 Å². The van der Waals surface area contributed by atoms with Gasteiger partial charge in [-0.2, -0.15) is 13.2 Å². The zero-order chi connectivity index (χ0) is 23.8. The van der Waals surface area contributed by atoms with Gasteiger partial charge in [-0.25, -0.2) is 9.59 Å². The smallest absolute Gasteiger partial charge is 0.418 e. The van der Waals surface area contributed by atoms with E-state index in [4.69, 9.17) is 9.47 Å². The lowest BCUT2D eigenvalue weighted by atomic mass is 9.97. The lowest BCUT2D eigenvalue weighted by Crippen LogP contribution is -2.07. The number of alkyl halides is 3. The molecule has 0 aliphatic carbocycles. The zero-order valence-electron chi connectivity index (χ0n) is 16.9. The monoisotopic (exact) mass is 468 g/mol. The Kier molecular flexibility index (Phi) is 5.78. The Labute approximate surface area is 190 Å². The van der Waals surface area contributed by atoms with Gasteiger partial charge in [0.1, 0.15) is 11.5 Å². The maximum Gasteiger partial charge on any atom is 0.418 e. The molecule has 0 amide bonds. The number of rotatable bonds is 5. The van der Waals surface area contributed by atoms with Crippen molar-refractivity contribution in [1.29, 1.82) is 0 Å². The summed E-state index contributed by atoms with van der Waals surface area (Å²) in [6, 6.07) is 13.5. The van der Waals surface area contributed by atoms with Crippen LogP contribution in [0, 0.1) is 0 Å². The summed E-state index contributed by atoms with van der Waals surface area (Å²) in [7, 11) is 0. The topological polar surface area (TPSA) is 52.6 Å². The van der Waals surface area contributed by atoms with Crippen molar-refractivity contribution < 1.29 is 32.2 Å². The van der Waals surface area contributed by atoms with Crippen LogP contribution in [-0.4, -0.2) is 11.9 Å². The predicted octanol–water partition coefficient (Wildman–Crippen LogP) is 6.92. The fraction of sp³-hybridized carbons (Fsp3) is 0.0400. The summed E-state index contributed by atoms with van der Waals surface area (Å²) >= 11 is 0.970. The molecule has 0 aliphatic heterocycles. The highest BCUT2D eigenvalue weighted by Gasteiger charge is 2.37. The van der Waals surface area contributed by atoms with Crippen LogP contribution >= 0.6 is 11.3 Å². The Bertz CT molecular complexity index is 1420. The van der Waals surface area contributed by atoms with Crippen LogP contribution in [0.2, 0.25) is 0 Å². The second-order valence-electron chi connectivity index (χ2n) is 6.90. The molecule has 0 radical (unpaired) electrons. The molecule has 3 aromatic carbocycles. The molecule has 0 unspecified atom stereocenters. The van der Waals surface area contributed by atoms with Gasteiger partial charge in [-0.1, -0.05) is 37.4 Å². The molecule has 0 N–H and O–H groups in total. The molecule has 4 aromatic rings. The zero-order valence-corrected chi connectivity index (χ0v) is 17.8. The van der Waals surface area contributed by atoms with Gasteiger partial charge >= 0.3 is 18.1 Å². The molecule has 0 saturated carbocycles. The van der Waals surface area contributed by atoms with Crippen LogP contribution in [0.1, 0.15) is 5.56 Å². The first kappa shape index (κ1) is 22.3. The minimum absolute atomic E-state index is 0.00135. The number of esters is 2. The molecule has 0 fully saturated rings. The SMILES string of the molecule is C=CC(=O)Oc1ccc(-c2ccc3c(sc4cc(OC(=O)C=C)ccc43)c2C(F)(F)F)cc1. The Hall–Kier alpha value is -3.91. The highest BCUT2D eigenvalue weighted by Crippen LogP contribution is 2.47. The van der Waals surface area contributed by atoms with Gasteiger partial charge in [0.2, 0.25) is 0 Å². The summed E-state index contributed by atoms with van der Waals surface area (Å²) in [6.45, 7) is 6.63. The van der Waals surface area contributed by atoms with Crippen molar-refractivity contribution in [1.82, 2.24) is 0 Å². The van der Waals surface area contributed by atoms with Gasteiger partial charge in [0.25, 0.3) is 0 Å². The van der Waals surface area contributed by atoms with Crippen molar-refractivity contribution >= 4 is 43.4 Å². The van der Waals surface area contributed by atoms with E-state index < -0.39 is 23.7 Å². The summed E-state index contributed by atoms with van der Waals surface area (Å²) in [5.41, 5.74) is -0.441. The molecule has 1 heterocycles. The molecule has 1 aromatic heterocycles. The van der Waals surface area contributed by atoms with E-state index >= 15 is 0 Å². The minimum atomic E-state index is -4.62. The molecule has 4 nitrogen and oxygen atoms in total. The van der Waals surface area contributed by atoms with Crippen LogP contribution in [0.4, 0.5) is 13.2 Å². The number of halogens is 3. The van der Waals surface area contributed by atoms with Gasteiger partial charge < -0.3 is 9.47 Å². The predicted molar refractivity (Wildman–Crippen MR) is 121 cm³/mol. The maximum atomic E-state index is 14.2. The van der Waals surface area contributed by atoms with Crippen molar-refractivity contribution in [3.8, 4) is 22.6 Å². The van der Waals surface area contributed by atoms with Crippen molar-refractivity contribution in [2.24, 2.45) is 0 Å². The first-order valence-corrected chi connectivity index (χ1v) is 10.4. The van der Waals surface area contributed by atoms with Gasteiger partial charge in [0.15, 0.2) is 0 Å². The third kappa shape index (κ3) is 4.38. The number of ether oxygens (including phenoxy) is 2. The lowest BCUT2D eigenvalue weighted by Gasteiger charge is -2.14. The van der Waals surface area contributed by atoms with Crippen LogP contribution < -0.4 is 9.47 Å². The summed E-state index contributed by atoms with van der Waals surface area (Å²) in [5, 5.41) is 1.07. The van der Waals surface area contributed by atoms with E-state index in [2.05, 4.69) is 13.2 Å². The van der Waals surface area contributed by atoms with Crippen molar-refractivity contribution in [2.45, 2.75) is 6.18 Å². The first-order valence-electron chi connectivity index (χ1n) is 9.56. The van der Waals surface area contributed by atoms with Crippen LogP contribution in [0.15, 0.2) is 79.9 Å².